The van der Waals surface area contributed by atoms with Crippen molar-refractivity contribution in [2.45, 2.75) is 19.8 Å². The van der Waals surface area contributed by atoms with E-state index in [0.717, 1.165) is 39.5 Å². The third-order valence-corrected chi connectivity index (χ3v) is 4.93. The zero-order valence-corrected chi connectivity index (χ0v) is 16.6. The molecule has 4 rings (SSSR count). The number of amides is 1. The topological polar surface area (TPSA) is 56.1 Å². The number of hydrogen-bond acceptors (Lipinski definition) is 3. The van der Waals surface area contributed by atoms with E-state index in [-0.39, 0.29) is 5.91 Å². The molecule has 0 atom stereocenters. The van der Waals surface area contributed by atoms with E-state index in [0.29, 0.717) is 12.8 Å². The zero-order chi connectivity index (χ0) is 20.2. The van der Waals surface area contributed by atoms with E-state index in [1.165, 1.54) is 0 Å². The molecule has 1 N–H and O–H groups in total. The first kappa shape index (κ1) is 18.7. The Morgan fingerprint density at radius 2 is 1.79 bits per heavy atom. The molecular formula is C24H23N3O2. The van der Waals surface area contributed by atoms with Gasteiger partial charge in [-0.2, -0.15) is 0 Å². The number of hydrogen-bond donors (Lipinski definition) is 1. The summed E-state index contributed by atoms with van der Waals surface area (Å²) in [7, 11) is 1.64. The van der Waals surface area contributed by atoms with Crippen LogP contribution in [0.15, 0.2) is 72.8 Å². The molecule has 0 bridgehead atoms. The van der Waals surface area contributed by atoms with E-state index < -0.39 is 0 Å². The fourth-order valence-electron chi connectivity index (χ4n) is 3.56. The summed E-state index contributed by atoms with van der Waals surface area (Å²) in [6.07, 6.45) is 1.01. The highest BCUT2D eigenvalue weighted by Crippen LogP contribution is 2.24. The standard InChI is InChI=1S/C24H23N3O2/c1-17-25-21-16-19(13-14-22(21)27(17)20-9-4-3-5-10-20)26-24(28)15-12-18-8-6-7-11-23(18)29-2/h3-11,13-14,16H,12,15H2,1-2H3,(H,26,28). The summed E-state index contributed by atoms with van der Waals surface area (Å²) >= 11 is 0. The number of rotatable bonds is 6. The largest absolute Gasteiger partial charge is 0.496 e. The maximum atomic E-state index is 12.4. The van der Waals surface area contributed by atoms with Crippen molar-refractivity contribution < 1.29 is 9.53 Å². The summed E-state index contributed by atoms with van der Waals surface area (Å²) in [6, 6.07) is 23.7. The minimum absolute atomic E-state index is 0.0329. The van der Waals surface area contributed by atoms with Gasteiger partial charge in [-0.25, -0.2) is 4.98 Å². The van der Waals surface area contributed by atoms with Gasteiger partial charge in [-0.3, -0.25) is 9.36 Å². The molecule has 0 aliphatic carbocycles. The van der Waals surface area contributed by atoms with Crippen LogP contribution in [-0.2, 0) is 11.2 Å². The van der Waals surface area contributed by atoms with Gasteiger partial charge < -0.3 is 10.1 Å². The number of methoxy groups -OCH3 is 1. The number of carbonyl (C=O) groups excluding carboxylic acids is 1. The molecule has 4 aromatic rings. The third kappa shape index (κ3) is 3.99. The molecule has 1 amide bonds. The number of para-hydroxylation sites is 2. The summed E-state index contributed by atoms with van der Waals surface area (Å²) in [5.41, 5.74) is 4.72. The Labute approximate surface area is 170 Å². The van der Waals surface area contributed by atoms with E-state index in [4.69, 9.17) is 4.74 Å². The Kier molecular flexibility index (Phi) is 5.29. The van der Waals surface area contributed by atoms with Crippen molar-refractivity contribution in [2.75, 3.05) is 12.4 Å². The number of fused-ring (bicyclic) bond motifs is 1. The molecule has 3 aromatic carbocycles. The van der Waals surface area contributed by atoms with Crippen LogP contribution in [0.3, 0.4) is 0 Å². The van der Waals surface area contributed by atoms with Crippen LogP contribution in [0.2, 0.25) is 0 Å². The van der Waals surface area contributed by atoms with Crippen molar-refractivity contribution in [1.82, 2.24) is 9.55 Å². The number of carbonyl (C=O) groups is 1. The van der Waals surface area contributed by atoms with Crippen LogP contribution < -0.4 is 10.1 Å². The van der Waals surface area contributed by atoms with Gasteiger partial charge >= 0.3 is 0 Å². The lowest BCUT2D eigenvalue weighted by Gasteiger charge is -2.09. The fraction of sp³-hybridized carbons (Fsp3) is 0.167. The fourth-order valence-corrected chi connectivity index (χ4v) is 3.56. The average molecular weight is 385 g/mol. The van der Waals surface area contributed by atoms with E-state index in [1.54, 1.807) is 7.11 Å². The first-order valence-electron chi connectivity index (χ1n) is 9.62. The monoisotopic (exact) mass is 385 g/mol. The lowest BCUT2D eigenvalue weighted by molar-refractivity contribution is -0.116. The SMILES string of the molecule is COc1ccccc1CCC(=O)Nc1ccc2c(c1)nc(C)n2-c1ccccc1. The van der Waals surface area contributed by atoms with Gasteiger partial charge in [-0.05, 0) is 55.3 Å². The van der Waals surface area contributed by atoms with Gasteiger partial charge in [0.1, 0.15) is 11.6 Å². The van der Waals surface area contributed by atoms with Gasteiger partial charge in [0.2, 0.25) is 5.91 Å². The Morgan fingerprint density at radius 1 is 1.03 bits per heavy atom. The first-order chi connectivity index (χ1) is 14.2. The second-order valence-electron chi connectivity index (χ2n) is 6.89. The van der Waals surface area contributed by atoms with Crippen LogP contribution in [-0.4, -0.2) is 22.6 Å². The minimum atomic E-state index is -0.0329. The van der Waals surface area contributed by atoms with Gasteiger partial charge in [-0.1, -0.05) is 36.4 Å². The highest BCUT2D eigenvalue weighted by molar-refractivity contribution is 5.93. The summed E-state index contributed by atoms with van der Waals surface area (Å²) in [4.78, 5) is 17.1. The number of nitrogens with zero attached hydrogens (tertiary/aromatic N) is 2. The third-order valence-electron chi connectivity index (χ3n) is 4.93. The second kappa shape index (κ2) is 8.19. The molecule has 146 valence electrons. The first-order valence-corrected chi connectivity index (χ1v) is 9.62. The number of imidazole rings is 1. The highest BCUT2D eigenvalue weighted by Gasteiger charge is 2.11. The van der Waals surface area contributed by atoms with Gasteiger partial charge in [0, 0.05) is 17.8 Å². The van der Waals surface area contributed by atoms with Crippen molar-refractivity contribution in [3.05, 3.63) is 84.2 Å². The Bertz CT molecular complexity index is 1150. The maximum absolute atomic E-state index is 12.4. The van der Waals surface area contributed by atoms with Crippen molar-refractivity contribution in [3.63, 3.8) is 0 Å². The van der Waals surface area contributed by atoms with Gasteiger partial charge in [0.25, 0.3) is 0 Å². The quantitative estimate of drug-likeness (QED) is 0.513. The van der Waals surface area contributed by atoms with Crippen LogP contribution in [0.5, 0.6) is 5.75 Å². The second-order valence-corrected chi connectivity index (χ2v) is 6.89. The Balaban J connectivity index is 1.49. The van der Waals surface area contributed by atoms with Crippen LogP contribution in [0.1, 0.15) is 17.8 Å². The normalized spacial score (nSPS) is 10.8. The molecule has 0 unspecified atom stereocenters. The number of anilines is 1. The molecular weight excluding hydrogens is 362 g/mol. The molecule has 5 heteroatoms. The van der Waals surface area contributed by atoms with Crippen LogP contribution in [0.4, 0.5) is 5.69 Å². The molecule has 0 spiro atoms. The number of aromatic nitrogens is 2. The van der Waals surface area contributed by atoms with Crippen molar-refractivity contribution in [1.29, 1.82) is 0 Å². The van der Waals surface area contributed by atoms with Crippen LogP contribution in [0, 0.1) is 6.92 Å². The molecule has 0 fully saturated rings. The number of ether oxygens (including phenoxy) is 1. The predicted octanol–water partition coefficient (Wildman–Crippen LogP) is 4.91. The van der Waals surface area contributed by atoms with Crippen molar-refractivity contribution >= 4 is 22.6 Å². The predicted molar refractivity (Wildman–Crippen MR) is 116 cm³/mol. The molecule has 0 saturated carbocycles. The van der Waals surface area contributed by atoms with Crippen molar-refractivity contribution in [3.8, 4) is 11.4 Å². The molecule has 0 radical (unpaired) electrons. The smallest absolute Gasteiger partial charge is 0.224 e. The van der Waals surface area contributed by atoms with Gasteiger partial charge in [0.05, 0.1) is 18.1 Å². The van der Waals surface area contributed by atoms with Gasteiger partial charge in [-0.15, -0.1) is 0 Å². The summed E-state index contributed by atoms with van der Waals surface area (Å²) < 4.78 is 7.47. The number of nitrogens with one attached hydrogen (secondary N) is 1. The van der Waals surface area contributed by atoms with Crippen LogP contribution in [0.25, 0.3) is 16.7 Å². The molecule has 1 aromatic heterocycles. The van der Waals surface area contributed by atoms with Crippen LogP contribution >= 0.6 is 0 Å². The molecule has 0 aliphatic heterocycles. The Morgan fingerprint density at radius 3 is 2.59 bits per heavy atom. The van der Waals surface area contributed by atoms with E-state index in [1.807, 2.05) is 67.6 Å². The molecule has 29 heavy (non-hydrogen) atoms. The molecule has 0 saturated heterocycles. The van der Waals surface area contributed by atoms with E-state index in [2.05, 4.69) is 27.0 Å². The minimum Gasteiger partial charge on any atom is -0.496 e. The molecule has 0 aliphatic rings. The number of benzene rings is 3. The summed E-state index contributed by atoms with van der Waals surface area (Å²) in [5, 5.41) is 2.98. The Hall–Kier alpha value is -3.60. The lowest BCUT2D eigenvalue weighted by atomic mass is 10.1. The van der Waals surface area contributed by atoms with Crippen molar-refractivity contribution in [2.24, 2.45) is 0 Å². The number of aryl methyl sites for hydroxylation is 2. The molecule has 5 nitrogen and oxygen atoms in total. The maximum Gasteiger partial charge on any atom is 0.224 e. The lowest BCUT2D eigenvalue weighted by Crippen LogP contribution is -2.12. The molecule has 1 heterocycles. The van der Waals surface area contributed by atoms with E-state index >= 15 is 0 Å². The highest BCUT2D eigenvalue weighted by atomic mass is 16.5. The summed E-state index contributed by atoms with van der Waals surface area (Å²) in [6.45, 7) is 1.98. The van der Waals surface area contributed by atoms with E-state index in [9.17, 15) is 4.79 Å². The van der Waals surface area contributed by atoms with Gasteiger partial charge in [0.15, 0.2) is 0 Å². The average Bonchev–Trinajstić information content (AvgIpc) is 3.08. The zero-order valence-electron chi connectivity index (χ0n) is 16.6. The summed E-state index contributed by atoms with van der Waals surface area (Å²) in [5.74, 6) is 1.68.